The standard InChI is InChI=1S/C4H6N2O3/c5-3(7)2-1-6(2)4(8)9/h2H,1H2,(H2,5,7)(H,8,9). The van der Waals surface area contributed by atoms with Crippen LogP contribution in [0.25, 0.3) is 0 Å². The number of nitrogens with zero attached hydrogens (tertiary/aromatic N) is 1. The molecular weight excluding hydrogens is 124 g/mol. The Morgan fingerprint density at radius 2 is 2.22 bits per heavy atom. The second-order valence-electron chi connectivity index (χ2n) is 1.85. The molecule has 0 bridgehead atoms. The first-order valence-electron chi connectivity index (χ1n) is 2.42. The van der Waals surface area contributed by atoms with E-state index in [1.807, 2.05) is 0 Å². The lowest BCUT2D eigenvalue weighted by molar-refractivity contribution is -0.118. The molecule has 5 heteroatoms. The smallest absolute Gasteiger partial charge is 0.408 e. The Hall–Kier alpha value is -1.26. The maximum atomic E-state index is 10.2. The van der Waals surface area contributed by atoms with Crippen LogP contribution in [0.4, 0.5) is 4.79 Å². The average molecular weight is 130 g/mol. The van der Waals surface area contributed by atoms with Gasteiger partial charge in [-0.2, -0.15) is 0 Å². The van der Waals surface area contributed by atoms with Crippen LogP contribution < -0.4 is 5.73 Å². The Labute approximate surface area is 51.0 Å². The summed E-state index contributed by atoms with van der Waals surface area (Å²) in [6, 6.07) is -0.567. The predicted octanol–water partition coefficient (Wildman–Crippen LogP) is -1.17. The molecule has 1 saturated heterocycles. The molecule has 50 valence electrons. The van der Waals surface area contributed by atoms with E-state index in [2.05, 4.69) is 0 Å². The monoisotopic (exact) mass is 130 g/mol. The van der Waals surface area contributed by atoms with E-state index in [9.17, 15) is 9.59 Å². The molecule has 2 amide bonds. The minimum absolute atomic E-state index is 0.255. The summed E-state index contributed by atoms with van der Waals surface area (Å²) in [6.45, 7) is 0.255. The molecule has 9 heavy (non-hydrogen) atoms. The third-order valence-corrected chi connectivity index (χ3v) is 1.19. The molecule has 0 aromatic heterocycles. The molecular formula is C4H6N2O3. The third kappa shape index (κ3) is 0.933. The molecule has 0 radical (unpaired) electrons. The van der Waals surface area contributed by atoms with E-state index in [-0.39, 0.29) is 6.54 Å². The van der Waals surface area contributed by atoms with Crippen molar-refractivity contribution in [3.63, 3.8) is 0 Å². The molecule has 1 unspecified atom stereocenters. The van der Waals surface area contributed by atoms with Gasteiger partial charge in [-0.1, -0.05) is 0 Å². The number of hydrogen-bond donors (Lipinski definition) is 2. The van der Waals surface area contributed by atoms with Crippen molar-refractivity contribution < 1.29 is 14.7 Å². The third-order valence-electron chi connectivity index (χ3n) is 1.19. The van der Waals surface area contributed by atoms with Crippen LogP contribution in [-0.4, -0.2) is 34.6 Å². The maximum Gasteiger partial charge on any atom is 0.408 e. The predicted molar refractivity (Wildman–Crippen MR) is 27.7 cm³/mol. The molecule has 0 aliphatic carbocycles. The van der Waals surface area contributed by atoms with Crippen LogP contribution in [0, 0.1) is 0 Å². The van der Waals surface area contributed by atoms with Crippen LogP contribution in [-0.2, 0) is 4.79 Å². The summed E-state index contributed by atoms with van der Waals surface area (Å²) in [5, 5.41) is 8.19. The zero-order chi connectivity index (χ0) is 7.02. The van der Waals surface area contributed by atoms with E-state index >= 15 is 0 Å². The first-order valence-corrected chi connectivity index (χ1v) is 2.42. The normalized spacial score (nSPS) is 23.6. The minimum atomic E-state index is -1.08. The highest BCUT2D eigenvalue weighted by atomic mass is 16.4. The summed E-state index contributed by atoms with van der Waals surface area (Å²) < 4.78 is 0. The van der Waals surface area contributed by atoms with Crippen LogP contribution in [0.5, 0.6) is 0 Å². The van der Waals surface area contributed by atoms with Gasteiger partial charge in [0.1, 0.15) is 6.04 Å². The van der Waals surface area contributed by atoms with E-state index in [0.29, 0.717) is 0 Å². The molecule has 5 nitrogen and oxygen atoms in total. The second-order valence-corrected chi connectivity index (χ2v) is 1.85. The van der Waals surface area contributed by atoms with Gasteiger partial charge in [0.25, 0.3) is 0 Å². The SMILES string of the molecule is NC(=O)C1CN1C(=O)O. The zero-order valence-corrected chi connectivity index (χ0v) is 4.57. The molecule has 1 fully saturated rings. The van der Waals surface area contributed by atoms with Crippen LogP contribution >= 0.6 is 0 Å². The Bertz CT molecular complexity index is 149. The lowest BCUT2D eigenvalue weighted by atomic mass is 10.5. The summed E-state index contributed by atoms with van der Waals surface area (Å²) >= 11 is 0. The summed E-state index contributed by atoms with van der Waals surface area (Å²) in [4.78, 5) is 21.2. The molecule has 1 heterocycles. The fraction of sp³-hybridized carbons (Fsp3) is 0.500. The fourth-order valence-corrected chi connectivity index (χ4v) is 0.594. The van der Waals surface area contributed by atoms with Crippen molar-refractivity contribution in [2.24, 2.45) is 5.73 Å². The number of rotatable bonds is 1. The summed E-state index contributed by atoms with van der Waals surface area (Å²) in [6.07, 6.45) is -1.08. The van der Waals surface area contributed by atoms with Crippen molar-refractivity contribution in [3.05, 3.63) is 0 Å². The largest absolute Gasteiger partial charge is 0.465 e. The molecule has 1 aliphatic rings. The molecule has 3 N–H and O–H groups in total. The summed E-state index contributed by atoms with van der Waals surface area (Å²) in [5.74, 6) is -0.572. The number of nitrogens with two attached hydrogens (primary N) is 1. The van der Waals surface area contributed by atoms with Crippen molar-refractivity contribution in [3.8, 4) is 0 Å². The Kier molecular flexibility index (Phi) is 1.05. The molecule has 1 rings (SSSR count). The van der Waals surface area contributed by atoms with Gasteiger partial charge in [-0.3, -0.25) is 9.69 Å². The number of carboxylic acid groups (broad SMARTS) is 1. The van der Waals surface area contributed by atoms with Crippen molar-refractivity contribution in [2.75, 3.05) is 6.54 Å². The summed E-state index contributed by atoms with van der Waals surface area (Å²) in [5.41, 5.74) is 4.78. The Morgan fingerprint density at radius 3 is 2.33 bits per heavy atom. The number of primary amides is 1. The number of amides is 2. The van der Waals surface area contributed by atoms with Gasteiger partial charge in [0, 0.05) is 0 Å². The lowest BCUT2D eigenvalue weighted by Crippen LogP contribution is -2.23. The Morgan fingerprint density at radius 1 is 1.67 bits per heavy atom. The van der Waals surface area contributed by atoms with Gasteiger partial charge >= 0.3 is 6.09 Å². The molecule has 0 spiro atoms. The highest BCUT2D eigenvalue weighted by molar-refractivity contribution is 5.88. The highest BCUT2D eigenvalue weighted by Crippen LogP contribution is 2.15. The van der Waals surface area contributed by atoms with Gasteiger partial charge in [0.15, 0.2) is 0 Å². The van der Waals surface area contributed by atoms with Crippen LogP contribution in [0.1, 0.15) is 0 Å². The van der Waals surface area contributed by atoms with Crippen LogP contribution in [0.2, 0.25) is 0 Å². The molecule has 1 atom stereocenters. The number of hydrogen-bond acceptors (Lipinski definition) is 2. The molecule has 0 aromatic carbocycles. The van der Waals surface area contributed by atoms with Gasteiger partial charge in [0.2, 0.25) is 5.91 Å². The quantitative estimate of drug-likeness (QED) is 0.439. The van der Waals surface area contributed by atoms with Gasteiger partial charge in [-0.15, -0.1) is 0 Å². The van der Waals surface area contributed by atoms with Gasteiger partial charge in [-0.05, 0) is 0 Å². The van der Waals surface area contributed by atoms with Crippen LogP contribution in [0.15, 0.2) is 0 Å². The zero-order valence-electron chi connectivity index (χ0n) is 4.57. The van der Waals surface area contributed by atoms with Crippen molar-refractivity contribution in [1.29, 1.82) is 0 Å². The van der Waals surface area contributed by atoms with Crippen molar-refractivity contribution >= 4 is 12.0 Å². The first-order chi connectivity index (χ1) is 4.13. The topological polar surface area (TPSA) is 83.4 Å². The number of carbonyl (C=O) groups excluding carboxylic acids is 1. The van der Waals surface area contributed by atoms with E-state index in [1.165, 1.54) is 0 Å². The Balaban J connectivity index is 2.42. The molecule has 1 aliphatic heterocycles. The lowest BCUT2D eigenvalue weighted by Gasteiger charge is -1.91. The van der Waals surface area contributed by atoms with Crippen LogP contribution in [0.3, 0.4) is 0 Å². The van der Waals surface area contributed by atoms with E-state index in [1.54, 1.807) is 0 Å². The fourth-order valence-electron chi connectivity index (χ4n) is 0.594. The van der Waals surface area contributed by atoms with Crippen molar-refractivity contribution in [2.45, 2.75) is 6.04 Å². The van der Waals surface area contributed by atoms with E-state index < -0.39 is 18.0 Å². The highest BCUT2D eigenvalue weighted by Gasteiger charge is 2.42. The van der Waals surface area contributed by atoms with Gasteiger partial charge in [0.05, 0.1) is 6.54 Å². The van der Waals surface area contributed by atoms with E-state index in [0.717, 1.165) is 4.90 Å². The second kappa shape index (κ2) is 1.61. The van der Waals surface area contributed by atoms with Gasteiger partial charge in [-0.25, -0.2) is 4.79 Å². The molecule has 0 aromatic rings. The number of carbonyl (C=O) groups is 2. The van der Waals surface area contributed by atoms with Gasteiger partial charge < -0.3 is 10.8 Å². The molecule has 0 saturated carbocycles. The first kappa shape index (κ1) is 5.87. The minimum Gasteiger partial charge on any atom is -0.465 e. The van der Waals surface area contributed by atoms with Crippen molar-refractivity contribution in [1.82, 2.24) is 4.90 Å². The van der Waals surface area contributed by atoms with E-state index in [4.69, 9.17) is 10.8 Å². The average Bonchev–Trinajstić information content (AvgIpc) is 2.39. The summed E-state index contributed by atoms with van der Waals surface area (Å²) in [7, 11) is 0. The maximum absolute atomic E-state index is 10.2.